The van der Waals surface area contributed by atoms with E-state index in [1.807, 2.05) is 36.4 Å². The van der Waals surface area contributed by atoms with Gasteiger partial charge in [0.15, 0.2) is 5.82 Å². The van der Waals surface area contributed by atoms with E-state index in [-0.39, 0.29) is 16.3 Å². The number of sulfonamides is 1. The smallest absolute Gasteiger partial charge is 0.283 e. The average molecular weight is 541 g/mol. The van der Waals surface area contributed by atoms with Crippen molar-refractivity contribution in [3.8, 4) is 17.0 Å². The molecular formula is C28H24N6O4S. The van der Waals surface area contributed by atoms with Crippen molar-refractivity contribution in [3.05, 3.63) is 96.3 Å². The number of benzene rings is 2. The summed E-state index contributed by atoms with van der Waals surface area (Å²) in [5, 5.41) is 5.23. The number of carbonyl (C=O) groups excluding carboxylic acids is 1. The van der Waals surface area contributed by atoms with Crippen molar-refractivity contribution in [1.29, 1.82) is 0 Å². The summed E-state index contributed by atoms with van der Waals surface area (Å²) in [4.78, 5) is 26.2. The van der Waals surface area contributed by atoms with Gasteiger partial charge in [-0.25, -0.2) is 23.1 Å². The molecule has 10 nitrogen and oxygen atoms in total. The number of carbonyl (C=O) groups is 1. The number of rotatable bonds is 7. The predicted molar refractivity (Wildman–Crippen MR) is 144 cm³/mol. The molecule has 0 bridgehead atoms. The third-order valence-corrected chi connectivity index (χ3v) is 8.27. The van der Waals surface area contributed by atoms with Gasteiger partial charge in [0.05, 0.1) is 23.7 Å². The number of hydrogen-bond acceptors (Lipinski definition) is 8. The van der Waals surface area contributed by atoms with Gasteiger partial charge in [0.1, 0.15) is 22.7 Å². The molecule has 1 saturated carbocycles. The second-order valence-corrected chi connectivity index (χ2v) is 11.1. The monoisotopic (exact) mass is 540 g/mol. The highest BCUT2D eigenvalue weighted by molar-refractivity contribution is 7.90. The molecule has 0 radical (unpaired) electrons. The van der Waals surface area contributed by atoms with Crippen molar-refractivity contribution < 1.29 is 17.9 Å². The van der Waals surface area contributed by atoms with Gasteiger partial charge < -0.3 is 4.74 Å². The van der Waals surface area contributed by atoms with Crippen molar-refractivity contribution in [2.24, 2.45) is 7.05 Å². The minimum atomic E-state index is -4.31. The van der Waals surface area contributed by atoms with Crippen molar-refractivity contribution >= 4 is 26.8 Å². The lowest BCUT2D eigenvalue weighted by Crippen LogP contribution is -2.31. The van der Waals surface area contributed by atoms with Gasteiger partial charge in [0.25, 0.3) is 15.9 Å². The Bertz CT molecular complexity index is 1830. The van der Waals surface area contributed by atoms with Crippen LogP contribution in [-0.2, 0) is 22.5 Å². The Morgan fingerprint density at radius 1 is 1.03 bits per heavy atom. The highest BCUT2D eigenvalue weighted by atomic mass is 32.2. The predicted octanol–water partition coefficient (Wildman–Crippen LogP) is 3.63. The van der Waals surface area contributed by atoms with Crippen LogP contribution in [-0.4, -0.2) is 46.2 Å². The second-order valence-electron chi connectivity index (χ2n) is 9.41. The summed E-state index contributed by atoms with van der Waals surface area (Å²) in [5.74, 6) is -0.0941. The van der Waals surface area contributed by atoms with Gasteiger partial charge in [-0.1, -0.05) is 24.3 Å². The molecule has 5 aromatic rings. The molecule has 1 amide bonds. The Kier molecular flexibility index (Phi) is 5.87. The molecule has 6 rings (SSSR count). The molecular weight excluding hydrogens is 516 g/mol. The van der Waals surface area contributed by atoms with E-state index >= 15 is 0 Å². The molecule has 2 aromatic carbocycles. The second kappa shape index (κ2) is 9.28. The number of amides is 1. The Hall–Kier alpha value is -4.64. The molecule has 0 atom stereocenters. The summed E-state index contributed by atoms with van der Waals surface area (Å²) in [6.07, 6.45) is 4.90. The van der Waals surface area contributed by atoms with E-state index in [0.29, 0.717) is 11.3 Å². The summed E-state index contributed by atoms with van der Waals surface area (Å²) in [5.41, 5.74) is 2.42. The van der Waals surface area contributed by atoms with Crippen LogP contribution in [0.4, 0.5) is 0 Å². The number of fused-ring (bicyclic) bond motifs is 1. The maximum absolute atomic E-state index is 13.5. The van der Waals surface area contributed by atoms with Crippen molar-refractivity contribution in [3.63, 3.8) is 0 Å². The fourth-order valence-electron chi connectivity index (χ4n) is 4.77. The van der Waals surface area contributed by atoms with Crippen molar-refractivity contribution in [2.75, 3.05) is 7.11 Å². The number of hydrogen-bond donors (Lipinski definition) is 1. The molecule has 0 aliphatic heterocycles. The van der Waals surface area contributed by atoms with Crippen LogP contribution in [0.1, 0.15) is 34.7 Å². The lowest BCUT2D eigenvalue weighted by atomic mass is 9.95. The van der Waals surface area contributed by atoms with E-state index in [4.69, 9.17) is 4.74 Å². The number of methoxy groups -OCH3 is 1. The van der Waals surface area contributed by atoms with Crippen LogP contribution < -0.4 is 9.46 Å². The third-order valence-electron chi connectivity index (χ3n) is 6.92. The quantitative estimate of drug-likeness (QED) is 0.331. The Balaban J connectivity index is 1.32. The zero-order chi connectivity index (χ0) is 27.2. The molecule has 196 valence electrons. The Morgan fingerprint density at radius 2 is 1.87 bits per heavy atom. The van der Waals surface area contributed by atoms with Gasteiger partial charge in [-0.05, 0) is 60.9 Å². The zero-order valence-corrected chi connectivity index (χ0v) is 22.0. The van der Waals surface area contributed by atoms with Crippen molar-refractivity contribution in [1.82, 2.24) is 29.5 Å². The minimum Gasteiger partial charge on any atom is -0.495 e. The first-order valence-corrected chi connectivity index (χ1v) is 13.7. The minimum absolute atomic E-state index is 0.0317. The van der Waals surface area contributed by atoms with Crippen LogP contribution in [0.25, 0.3) is 22.2 Å². The molecule has 39 heavy (non-hydrogen) atoms. The van der Waals surface area contributed by atoms with E-state index in [0.717, 1.165) is 35.0 Å². The number of nitrogens with zero attached hydrogens (tertiary/aromatic N) is 5. The van der Waals surface area contributed by atoms with Crippen molar-refractivity contribution in [2.45, 2.75) is 23.2 Å². The first-order chi connectivity index (χ1) is 18.8. The van der Waals surface area contributed by atoms with Crippen LogP contribution >= 0.6 is 0 Å². The lowest BCUT2D eigenvalue weighted by molar-refractivity contribution is 0.0977. The van der Waals surface area contributed by atoms with Gasteiger partial charge >= 0.3 is 0 Å². The molecule has 1 fully saturated rings. The summed E-state index contributed by atoms with van der Waals surface area (Å²) in [7, 11) is -1.14. The highest BCUT2D eigenvalue weighted by Gasteiger charge is 2.49. The fraction of sp³-hybridized carbons (Fsp3) is 0.179. The summed E-state index contributed by atoms with van der Waals surface area (Å²) < 4.78 is 36.0. The maximum Gasteiger partial charge on any atom is 0.283 e. The largest absolute Gasteiger partial charge is 0.495 e. The first-order valence-electron chi connectivity index (χ1n) is 12.2. The molecule has 0 unspecified atom stereocenters. The molecule has 1 aliphatic rings. The van der Waals surface area contributed by atoms with Crippen LogP contribution in [0.5, 0.6) is 5.75 Å². The van der Waals surface area contributed by atoms with Crippen LogP contribution in [0.3, 0.4) is 0 Å². The van der Waals surface area contributed by atoms with E-state index in [9.17, 15) is 13.2 Å². The summed E-state index contributed by atoms with van der Waals surface area (Å²) in [6, 6.07) is 19.3. The Labute approximate surface area is 224 Å². The van der Waals surface area contributed by atoms with E-state index in [1.165, 1.54) is 19.2 Å². The maximum atomic E-state index is 13.5. The van der Waals surface area contributed by atoms with Crippen LogP contribution in [0.2, 0.25) is 0 Å². The molecule has 11 heteroatoms. The number of pyridine rings is 2. The number of nitrogens with one attached hydrogen (secondary N) is 1. The van der Waals surface area contributed by atoms with Crippen LogP contribution in [0.15, 0.2) is 84.1 Å². The van der Waals surface area contributed by atoms with Gasteiger partial charge in [0.2, 0.25) is 0 Å². The van der Waals surface area contributed by atoms with Crippen LogP contribution in [0, 0.1) is 0 Å². The van der Waals surface area contributed by atoms with Gasteiger partial charge in [-0.2, -0.15) is 5.10 Å². The fourth-order valence-corrected chi connectivity index (χ4v) is 5.92. The first kappa shape index (κ1) is 24.7. The average Bonchev–Trinajstić information content (AvgIpc) is 3.65. The molecule has 1 N–H and O–H groups in total. The topological polar surface area (TPSA) is 129 Å². The lowest BCUT2D eigenvalue weighted by Gasteiger charge is -2.16. The standard InChI is InChI=1S/C28H24N6O4S/c1-34-17-30-27(32-34)28(13-14-28)18-9-12-24(38-2)25(16-18)39(36,37)33-26(35)23-11-10-20-19(6-5-8-22(20)31-23)21-7-3-4-15-29-21/h3-12,15-17H,13-14H2,1-2H3,(H,33,35). The summed E-state index contributed by atoms with van der Waals surface area (Å²) >= 11 is 0. The normalized spacial score (nSPS) is 14.2. The number of aryl methyl sites for hydroxylation is 1. The third kappa shape index (κ3) is 4.40. The molecule has 0 saturated heterocycles. The molecule has 3 aromatic heterocycles. The Morgan fingerprint density at radius 3 is 2.56 bits per heavy atom. The van der Waals surface area contributed by atoms with Gasteiger partial charge in [-0.3, -0.25) is 14.5 Å². The SMILES string of the molecule is COc1ccc(C2(c3ncn(C)n3)CC2)cc1S(=O)(=O)NC(=O)c1ccc2c(-c3ccccn3)cccc2n1. The number of aromatic nitrogens is 5. The van der Waals surface area contributed by atoms with E-state index < -0.39 is 21.3 Å². The summed E-state index contributed by atoms with van der Waals surface area (Å²) in [6.45, 7) is 0. The molecule has 1 aliphatic carbocycles. The number of ether oxygens (including phenoxy) is 1. The van der Waals surface area contributed by atoms with Gasteiger partial charge in [0, 0.05) is 24.2 Å². The zero-order valence-electron chi connectivity index (χ0n) is 21.2. The molecule has 0 spiro atoms. The highest BCUT2D eigenvalue weighted by Crippen LogP contribution is 2.52. The van der Waals surface area contributed by atoms with E-state index in [2.05, 4.69) is 24.8 Å². The van der Waals surface area contributed by atoms with Gasteiger partial charge in [-0.15, -0.1) is 0 Å². The molecule has 3 heterocycles. The van der Waals surface area contributed by atoms with E-state index in [1.54, 1.807) is 42.5 Å².